The summed E-state index contributed by atoms with van der Waals surface area (Å²) in [5, 5.41) is 0.145. The van der Waals surface area contributed by atoms with E-state index in [1.807, 2.05) is 6.07 Å². The quantitative estimate of drug-likeness (QED) is 0.673. The molecule has 0 aliphatic heterocycles. The summed E-state index contributed by atoms with van der Waals surface area (Å²) in [4.78, 5) is 1.33. The van der Waals surface area contributed by atoms with E-state index in [2.05, 4.69) is 30.3 Å². The summed E-state index contributed by atoms with van der Waals surface area (Å²) in [6.07, 6.45) is 2.11. The van der Waals surface area contributed by atoms with Gasteiger partial charge in [-0.05, 0) is 42.0 Å². The molecule has 0 saturated carbocycles. The molecule has 17 heavy (non-hydrogen) atoms. The van der Waals surface area contributed by atoms with Crippen molar-refractivity contribution in [3.63, 3.8) is 0 Å². The molecule has 1 aromatic carbocycles. The third kappa shape index (κ3) is 2.24. The molecule has 1 aliphatic carbocycles. The molecular weight excluding hydrogens is 271 g/mol. The van der Waals surface area contributed by atoms with Crippen molar-refractivity contribution in [1.82, 2.24) is 0 Å². The lowest BCUT2D eigenvalue weighted by atomic mass is 10.0. The average molecular weight is 283 g/mol. The van der Waals surface area contributed by atoms with Crippen molar-refractivity contribution in [2.24, 2.45) is 5.92 Å². The molecule has 3 heteroatoms. The number of halogens is 2. The van der Waals surface area contributed by atoms with E-state index >= 15 is 0 Å². The fourth-order valence-corrected chi connectivity index (χ4v) is 4.10. The maximum absolute atomic E-state index is 6.54. The van der Waals surface area contributed by atoms with Gasteiger partial charge in [0.05, 0.1) is 9.71 Å². The summed E-state index contributed by atoms with van der Waals surface area (Å²) in [7, 11) is 0. The first kappa shape index (κ1) is 11.6. The lowest BCUT2D eigenvalue weighted by Gasteiger charge is -2.12. The maximum Gasteiger partial charge on any atom is 0.0931 e. The highest BCUT2D eigenvalue weighted by Crippen LogP contribution is 2.43. The Hall–Kier alpha value is -0.500. The van der Waals surface area contributed by atoms with Crippen molar-refractivity contribution in [3.05, 3.63) is 56.7 Å². The number of hydrogen-bond acceptors (Lipinski definition) is 1. The number of benzene rings is 1. The lowest BCUT2D eigenvalue weighted by molar-refractivity contribution is 0.548. The van der Waals surface area contributed by atoms with Crippen molar-refractivity contribution < 1.29 is 0 Å². The van der Waals surface area contributed by atoms with Crippen LogP contribution in [0.3, 0.4) is 0 Å². The van der Waals surface area contributed by atoms with E-state index in [0.29, 0.717) is 5.92 Å². The van der Waals surface area contributed by atoms with E-state index in [-0.39, 0.29) is 5.38 Å². The molecule has 0 bridgehead atoms. The molecule has 2 unspecified atom stereocenters. The van der Waals surface area contributed by atoms with Crippen LogP contribution in [0.1, 0.15) is 21.4 Å². The normalized spacial score (nSPS) is 22.7. The second kappa shape index (κ2) is 4.64. The highest BCUT2D eigenvalue weighted by Gasteiger charge is 2.30. The van der Waals surface area contributed by atoms with Crippen molar-refractivity contribution in [2.45, 2.75) is 18.2 Å². The summed E-state index contributed by atoms with van der Waals surface area (Å²) in [6, 6.07) is 12.6. The Bertz CT molecular complexity index is 533. The number of rotatable bonds is 2. The Kier molecular flexibility index (Phi) is 3.16. The van der Waals surface area contributed by atoms with Gasteiger partial charge in [0.25, 0.3) is 0 Å². The van der Waals surface area contributed by atoms with Crippen LogP contribution in [0.2, 0.25) is 4.34 Å². The predicted molar refractivity (Wildman–Crippen MR) is 75.3 cm³/mol. The Labute approximate surface area is 115 Å². The van der Waals surface area contributed by atoms with Crippen LogP contribution in [0.25, 0.3) is 0 Å². The summed E-state index contributed by atoms with van der Waals surface area (Å²) < 4.78 is 0.863. The van der Waals surface area contributed by atoms with Gasteiger partial charge in [-0.15, -0.1) is 22.9 Å². The van der Waals surface area contributed by atoms with Crippen LogP contribution >= 0.6 is 34.5 Å². The van der Waals surface area contributed by atoms with Crippen LogP contribution in [-0.2, 0) is 12.8 Å². The van der Waals surface area contributed by atoms with Crippen LogP contribution in [0, 0.1) is 5.92 Å². The lowest BCUT2D eigenvalue weighted by Crippen LogP contribution is -2.05. The Balaban J connectivity index is 1.80. The molecular formula is C14H12Cl2S. The number of thiophene rings is 1. The van der Waals surface area contributed by atoms with E-state index in [1.165, 1.54) is 16.0 Å². The molecule has 0 nitrogen and oxygen atoms in total. The zero-order valence-corrected chi connectivity index (χ0v) is 11.5. The van der Waals surface area contributed by atoms with Crippen LogP contribution in [0.4, 0.5) is 0 Å². The van der Waals surface area contributed by atoms with Crippen molar-refractivity contribution in [2.75, 3.05) is 0 Å². The van der Waals surface area contributed by atoms with Gasteiger partial charge in [0.2, 0.25) is 0 Å². The molecule has 0 N–H and O–H groups in total. The van der Waals surface area contributed by atoms with Gasteiger partial charge in [-0.2, -0.15) is 0 Å². The molecule has 0 amide bonds. The molecule has 1 aliphatic rings. The minimum Gasteiger partial charge on any atom is -0.128 e. The molecule has 88 valence electrons. The monoisotopic (exact) mass is 282 g/mol. The highest BCUT2D eigenvalue weighted by atomic mass is 35.5. The first-order valence-electron chi connectivity index (χ1n) is 5.70. The average Bonchev–Trinajstić information content (AvgIpc) is 2.86. The molecule has 3 rings (SSSR count). The largest absolute Gasteiger partial charge is 0.128 e. The highest BCUT2D eigenvalue weighted by molar-refractivity contribution is 7.16. The molecule has 2 atom stereocenters. The standard InChI is InChI=1S/C14H12Cl2S/c15-13-6-5-11(17-13)8-10-7-9-3-1-2-4-12(9)14(10)16/h1-6,10,14H,7-8H2. The molecule has 0 radical (unpaired) electrons. The molecule has 0 saturated heterocycles. The maximum atomic E-state index is 6.54. The zero-order chi connectivity index (χ0) is 11.8. The van der Waals surface area contributed by atoms with Crippen molar-refractivity contribution in [3.8, 4) is 0 Å². The topological polar surface area (TPSA) is 0 Å². The Morgan fingerprint density at radius 3 is 2.71 bits per heavy atom. The third-order valence-electron chi connectivity index (χ3n) is 3.34. The van der Waals surface area contributed by atoms with E-state index in [9.17, 15) is 0 Å². The Morgan fingerprint density at radius 1 is 1.18 bits per heavy atom. The minimum absolute atomic E-state index is 0.145. The van der Waals surface area contributed by atoms with E-state index in [4.69, 9.17) is 23.2 Å². The molecule has 1 heterocycles. The van der Waals surface area contributed by atoms with Gasteiger partial charge in [-0.3, -0.25) is 0 Å². The van der Waals surface area contributed by atoms with Crippen LogP contribution in [-0.4, -0.2) is 0 Å². The summed E-state index contributed by atoms with van der Waals surface area (Å²) in [5.74, 6) is 0.504. The van der Waals surface area contributed by atoms with Gasteiger partial charge in [-0.1, -0.05) is 35.9 Å². The molecule has 0 spiro atoms. The second-order valence-corrected chi connectivity index (χ2v) is 6.74. The molecule has 1 aromatic heterocycles. The summed E-state index contributed by atoms with van der Waals surface area (Å²) in [6.45, 7) is 0. The van der Waals surface area contributed by atoms with Crippen molar-refractivity contribution >= 4 is 34.5 Å². The van der Waals surface area contributed by atoms with E-state index in [1.54, 1.807) is 11.3 Å². The van der Waals surface area contributed by atoms with Gasteiger partial charge >= 0.3 is 0 Å². The van der Waals surface area contributed by atoms with Gasteiger partial charge in [0, 0.05) is 4.88 Å². The third-order valence-corrected chi connectivity index (χ3v) is 5.19. The van der Waals surface area contributed by atoms with Gasteiger partial charge in [-0.25, -0.2) is 0 Å². The van der Waals surface area contributed by atoms with Gasteiger partial charge in [0.1, 0.15) is 0 Å². The predicted octanol–water partition coefficient (Wildman–Crippen LogP) is 5.10. The molecule has 2 aromatic rings. The van der Waals surface area contributed by atoms with Crippen molar-refractivity contribution in [1.29, 1.82) is 0 Å². The summed E-state index contributed by atoms with van der Waals surface area (Å²) in [5.41, 5.74) is 2.71. The summed E-state index contributed by atoms with van der Waals surface area (Å²) >= 11 is 14.2. The number of alkyl halides is 1. The first-order chi connectivity index (χ1) is 8.24. The van der Waals surface area contributed by atoms with E-state index in [0.717, 1.165) is 17.2 Å². The first-order valence-corrected chi connectivity index (χ1v) is 7.33. The van der Waals surface area contributed by atoms with Gasteiger partial charge in [0.15, 0.2) is 0 Å². The zero-order valence-electron chi connectivity index (χ0n) is 9.20. The van der Waals surface area contributed by atoms with Crippen LogP contribution in [0.5, 0.6) is 0 Å². The van der Waals surface area contributed by atoms with Crippen LogP contribution in [0.15, 0.2) is 36.4 Å². The fraction of sp³-hybridized carbons (Fsp3) is 0.286. The molecule has 0 fully saturated rings. The van der Waals surface area contributed by atoms with E-state index < -0.39 is 0 Å². The van der Waals surface area contributed by atoms with Crippen LogP contribution < -0.4 is 0 Å². The van der Waals surface area contributed by atoms with Gasteiger partial charge < -0.3 is 0 Å². The number of fused-ring (bicyclic) bond motifs is 1. The second-order valence-electron chi connectivity index (χ2n) is 4.47. The Morgan fingerprint density at radius 2 is 2.00 bits per heavy atom. The smallest absolute Gasteiger partial charge is 0.0931 e. The SMILES string of the molecule is Clc1ccc(CC2Cc3ccccc3C2Cl)s1. The number of hydrogen-bond donors (Lipinski definition) is 0. The fourth-order valence-electron chi connectivity index (χ4n) is 2.52. The minimum atomic E-state index is 0.145.